The maximum atomic E-state index is 11.0. The molecule has 0 aliphatic heterocycles. The van der Waals surface area contributed by atoms with Crippen LogP contribution in [-0.2, 0) is 4.79 Å². The first kappa shape index (κ1) is 19.5. The van der Waals surface area contributed by atoms with Crippen LogP contribution in [0, 0.1) is 0 Å². The second kappa shape index (κ2) is 10.2. The van der Waals surface area contributed by atoms with Crippen molar-refractivity contribution in [2.75, 3.05) is 30.4 Å². The van der Waals surface area contributed by atoms with Crippen molar-refractivity contribution in [1.82, 2.24) is 25.4 Å². The molecular formula is C17H25N7O2. The normalized spacial score (nSPS) is 10.4. The smallest absolute Gasteiger partial charge is 0.243 e. The summed E-state index contributed by atoms with van der Waals surface area (Å²) >= 11 is 0. The fourth-order valence-corrected chi connectivity index (χ4v) is 2.43. The van der Waals surface area contributed by atoms with Crippen LogP contribution in [0.5, 0.6) is 0 Å². The van der Waals surface area contributed by atoms with E-state index in [0.29, 0.717) is 6.42 Å². The van der Waals surface area contributed by atoms with Gasteiger partial charge in [0, 0.05) is 39.5 Å². The van der Waals surface area contributed by atoms with E-state index in [9.17, 15) is 4.79 Å². The molecule has 2 N–H and O–H groups in total. The highest BCUT2D eigenvalue weighted by Crippen LogP contribution is 2.21. The van der Waals surface area contributed by atoms with E-state index in [-0.39, 0.29) is 5.91 Å². The van der Waals surface area contributed by atoms with Crippen LogP contribution in [0.3, 0.4) is 0 Å². The first-order valence-corrected chi connectivity index (χ1v) is 8.57. The maximum absolute atomic E-state index is 11.0. The van der Waals surface area contributed by atoms with Gasteiger partial charge in [-0.2, -0.15) is 0 Å². The van der Waals surface area contributed by atoms with Crippen molar-refractivity contribution in [3.8, 4) is 0 Å². The SMILES string of the molecule is CN(C)c1cnc(N(CCCCCCC(=O)NO)c2cnccn2)cn1. The summed E-state index contributed by atoms with van der Waals surface area (Å²) in [6, 6.07) is 0. The molecule has 0 aromatic carbocycles. The van der Waals surface area contributed by atoms with E-state index in [2.05, 4.69) is 19.9 Å². The zero-order chi connectivity index (χ0) is 18.8. The Kier molecular flexibility index (Phi) is 7.69. The van der Waals surface area contributed by atoms with Crippen LogP contribution >= 0.6 is 0 Å². The predicted octanol–water partition coefficient (Wildman–Crippen LogP) is 1.93. The van der Waals surface area contributed by atoms with Crippen LogP contribution in [0.4, 0.5) is 17.5 Å². The van der Waals surface area contributed by atoms with Gasteiger partial charge in [-0.1, -0.05) is 12.8 Å². The molecule has 9 nitrogen and oxygen atoms in total. The Bertz CT molecular complexity index is 665. The molecular weight excluding hydrogens is 334 g/mol. The molecule has 0 bridgehead atoms. The number of carbonyl (C=O) groups excluding carboxylic acids is 1. The summed E-state index contributed by atoms with van der Waals surface area (Å²) < 4.78 is 0. The van der Waals surface area contributed by atoms with Crippen molar-refractivity contribution < 1.29 is 10.0 Å². The van der Waals surface area contributed by atoms with Crippen LogP contribution in [0.25, 0.3) is 0 Å². The topological polar surface area (TPSA) is 107 Å². The molecule has 2 aromatic heterocycles. The number of hydroxylamine groups is 1. The van der Waals surface area contributed by atoms with E-state index in [1.807, 2.05) is 23.9 Å². The molecule has 1 amide bonds. The molecule has 2 aromatic rings. The summed E-state index contributed by atoms with van der Waals surface area (Å²) in [6.45, 7) is 0.723. The molecule has 2 rings (SSSR count). The van der Waals surface area contributed by atoms with Gasteiger partial charge in [-0.15, -0.1) is 0 Å². The van der Waals surface area contributed by atoms with Crippen molar-refractivity contribution in [2.45, 2.75) is 32.1 Å². The van der Waals surface area contributed by atoms with E-state index in [1.54, 1.807) is 36.5 Å². The summed E-state index contributed by atoms with van der Waals surface area (Å²) in [5.41, 5.74) is 1.65. The molecule has 140 valence electrons. The standard InChI is InChI=1S/C17H25N7O2/c1-23(2)14-12-21-16(13-20-14)24(15-11-18-8-9-19-15)10-6-4-3-5-7-17(25)22-26/h8-9,11-13,26H,3-7,10H2,1-2H3,(H,22,25). The average molecular weight is 359 g/mol. The van der Waals surface area contributed by atoms with E-state index in [1.165, 1.54) is 0 Å². The molecule has 0 aliphatic rings. The van der Waals surface area contributed by atoms with Gasteiger partial charge in [0.05, 0.1) is 18.6 Å². The third kappa shape index (κ3) is 5.92. The minimum absolute atomic E-state index is 0.335. The monoisotopic (exact) mass is 359 g/mol. The number of hydrogen-bond acceptors (Lipinski definition) is 8. The van der Waals surface area contributed by atoms with Crippen LogP contribution in [-0.4, -0.2) is 51.7 Å². The van der Waals surface area contributed by atoms with Gasteiger partial charge in [0.1, 0.15) is 5.82 Å². The lowest BCUT2D eigenvalue weighted by molar-refractivity contribution is -0.129. The third-order valence-corrected chi connectivity index (χ3v) is 3.85. The number of rotatable bonds is 10. The highest BCUT2D eigenvalue weighted by molar-refractivity contribution is 5.74. The Balaban J connectivity index is 1.96. The van der Waals surface area contributed by atoms with Gasteiger partial charge >= 0.3 is 0 Å². The van der Waals surface area contributed by atoms with Gasteiger partial charge in [-0.3, -0.25) is 15.0 Å². The Labute approximate surface area is 153 Å². The fraction of sp³-hybridized carbons (Fsp3) is 0.471. The lowest BCUT2D eigenvalue weighted by Gasteiger charge is -2.22. The molecule has 0 spiro atoms. The highest BCUT2D eigenvalue weighted by atomic mass is 16.5. The maximum Gasteiger partial charge on any atom is 0.243 e. The largest absolute Gasteiger partial charge is 0.361 e. The summed E-state index contributed by atoms with van der Waals surface area (Å²) in [5.74, 6) is 1.88. The minimum atomic E-state index is -0.345. The first-order valence-electron chi connectivity index (χ1n) is 8.57. The van der Waals surface area contributed by atoms with Crippen LogP contribution in [0.15, 0.2) is 31.0 Å². The number of amides is 1. The number of hydrogen-bond donors (Lipinski definition) is 2. The summed E-state index contributed by atoms with van der Waals surface area (Å²) in [7, 11) is 3.84. The van der Waals surface area contributed by atoms with Gasteiger partial charge in [0.25, 0.3) is 0 Å². The molecule has 2 heterocycles. The zero-order valence-corrected chi connectivity index (χ0v) is 15.2. The van der Waals surface area contributed by atoms with Gasteiger partial charge in [-0.25, -0.2) is 20.4 Å². The third-order valence-electron chi connectivity index (χ3n) is 3.85. The van der Waals surface area contributed by atoms with Gasteiger partial charge in [0.15, 0.2) is 11.6 Å². The summed E-state index contributed by atoms with van der Waals surface area (Å²) in [6.07, 6.45) is 12.3. The Morgan fingerprint density at radius 3 is 2.27 bits per heavy atom. The van der Waals surface area contributed by atoms with Crippen LogP contribution < -0.4 is 15.3 Å². The molecule has 0 aliphatic carbocycles. The van der Waals surface area contributed by atoms with E-state index in [4.69, 9.17) is 5.21 Å². The van der Waals surface area contributed by atoms with E-state index in [0.717, 1.165) is 49.7 Å². The molecule has 0 saturated carbocycles. The number of carbonyl (C=O) groups is 1. The highest BCUT2D eigenvalue weighted by Gasteiger charge is 2.13. The predicted molar refractivity (Wildman–Crippen MR) is 98.4 cm³/mol. The van der Waals surface area contributed by atoms with Crippen LogP contribution in [0.2, 0.25) is 0 Å². The number of nitrogens with zero attached hydrogens (tertiary/aromatic N) is 6. The van der Waals surface area contributed by atoms with E-state index >= 15 is 0 Å². The Morgan fingerprint density at radius 1 is 0.962 bits per heavy atom. The summed E-state index contributed by atoms with van der Waals surface area (Å²) in [4.78, 5) is 32.3. The van der Waals surface area contributed by atoms with Crippen molar-refractivity contribution in [3.63, 3.8) is 0 Å². The second-order valence-electron chi connectivity index (χ2n) is 6.04. The van der Waals surface area contributed by atoms with E-state index < -0.39 is 0 Å². The fourth-order valence-electron chi connectivity index (χ4n) is 2.43. The van der Waals surface area contributed by atoms with Crippen LogP contribution in [0.1, 0.15) is 32.1 Å². The lowest BCUT2D eigenvalue weighted by Crippen LogP contribution is -2.22. The molecule has 9 heteroatoms. The van der Waals surface area contributed by atoms with Gasteiger partial charge in [0.2, 0.25) is 5.91 Å². The van der Waals surface area contributed by atoms with Crippen molar-refractivity contribution >= 4 is 23.4 Å². The Morgan fingerprint density at radius 2 is 1.65 bits per heavy atom. The molecule has 0 unspecified atom stereocenters. The minimum Gasteiger partial charge on any atom is -0.361 e. The molecule has 26 heavy (non-hydrogen) atoms. The summed E-state index contributed by atoms with van der Waals surface area (Å²) in [5, 5.41) is 8.48. The molecule has 0 fully saturated rings. The van der Waals surface area contributed by atoms with Crippen molar-refractivity contribution in [1.29, 1.82) is 0 Å². The number of unbranched alkanes of at least 4 members (excludes halogenated alkanes) is 3. The quantitative estimate of drug-likeness (QED) is 0.376. The number of aromatic nitrogens is 4. The second-order valence-corrected chi connectivity index (χ2v) is 6.04. The number of anilines is 3. The number of nitrogens with one attached hydrogen (secondary N) is 1. The van der Waals surface area contributed by atoms with Crippen molar-refractivity contribution in [2.24, 2.45) is 0 Å². The van der Waals surface area contributed by atoms with Gasteiger partial charge < -0.3 is 9.80 Å². The Hall–Kier alpha value is -2.81. The molecule has 0 radical (unpaired) electrons. The van der Waals surface area contributed by atoms with Crippen molar-refractivity contribution in [3.05, 3.63) is 31.0 Å². The molecule has 0 saturated heterocycles. The average Bonchev–Trinajstić information content (AvgIpc) is 2.68. The zero-order valence-electron chi connectivity index (χ0n) is 15.2. The molecule has 0 atom stereocenters. The first-order chi connectivity index (χ1) is 12.6. The lowest BCUT2D eigenvalue weighted by atomic mass is 10.1. The van der Waals surface area contributed by atoms with Gasteiger partial charge in [-0.05, 0) is 12.8 Å².